The van der Waals surface area contributed by atoms with Crippen molar-refractivity contribution in [3.63, 3.8) is 0 Å². The summed E-state index contributed by atoms with van der Waals surface area (Å²) >= 11 is 0. The van der Waals surface area contributed by atoms with Gasteiger partial charge in [0.1, 0.15) is 0 Å². The smallest absolute Gasteiger partial charge is 0.335 e. The predicted molar refractivity (Wildman–Crippen MR) is 144 cm³/mol. The van der Waals surface area contributed by atoms with Crippen LogP contribution in [-0.2, 0) is 33.8 Å². The number of carboxylic acid groups (broad SMARTS) is 1. The van der Waals surface area contributed by atoms with Gasteiger partial charge in [0.2, 0.25) is 11.8 Å². The van der Waals surface area contributed by atoms with Gasteiger partial charge in [-0.3, -0.25) is 9.59 Å². The van der Waals surface area contributed by atoms with E-state index in [4.69, 9.17) is 4.74 Å². The molecule has 2 amide bonds. The molecule has 1 saturated carbocycles. The quantitative estimate of drug-likeness (QED) is 0.443. The predicted octanol–water partition coefficient (Wildman–Crippen LogP) is 4.39. The third kappa shape index (κ3) is 5.48. The Morgan fingerprint density at radius 1 is 1.03 bits per heavy atom. The van der Waals surface area contributed by atoms with Gasteiger partial charge in [-0.15, -0.1) is 0 Å². The molecule has 2 aliphatic rings. The molecule has 1 heterocycles. The maximum atomic E-state index is 13.0. The molecule has 1 aliphatic heterocycles. The highest BCUT2D eigenvalue weighted by Gasteiger charge is 2.43. The lowest BCUT2D eigenvalue weighted by atomic mass is 9.87. The molecule has 196 valence electrons. The van der Waals surface area contributed by atoms with Crippen LogP contribution in [0.3, 0.4) is 0 Å². The molecular formula is C31H32N2O5. The second-order valence-corrected chi connectivity index (χ2v) is 10.0. The van der Waals surface area contributed by atoms with Crippen molar-refractivity contribution in [1.29, 1.82) is 0 Å². The highest BCUT2D eigenvalue weighted by atomic mass is 16.5. The maximum Gasteiger partial charge on any atom is 0.335 e. The maximum absolute atomic E-state index is 13.0. The van der Waals surface area contributed by atoms with E-state index in [1.54, 1.807) is 25.3 Å². The Hall–Kier alpha value is -3.97. The highest BCUT2D eigenvalue weighted by Crippen LogP contribution is 2.47. The van der Waals surface area contributed by atoms with Gasteiger partial charge in [-0.05, 0) is 64.3 Å². The number of benzene rings is 3. The van der Waals surface area contributed by atoms with Gasteiger partial charge in [0.15, 0.2) is 0 Å². The van der Waals surface area contributed by atoms with Crippen molar-refractivity contribution in [2.75, 3.05) is 20.3 Å². The van der Waals surface area contributed by atoms with Crippen molar-refractivity contribution in [2.24, 2.45) is 5.92 Å². The highest BCUT2D eigenvalue weighted by molar-refractivity contribution is 5.90. The fourth-order valence-corrected chi connectivity index (χ4v) is 5.42. The number of nitrogens with one attached hydrogen (secondary N) is 1. The number of nitrogens with zero attached hydrogens (tertiary/aromatic N) is 1. The monoisotopic (exact) mass is 512 g/mol. The topological polar surface area (TPSA) is 95.9 Å². The van der Waals surface area contributed by atoms with Crippen LogP contribution in [0, 0.1) is 5.92 Å². The lowest BCUT2D eigenvalue weighted by Crippen LogP contribution is -2.37. The number of hydrogen-bond acceptors (Lipinski definition) is 4. The number of fused-ring (bicyclic) bond motifs is 1. The average Bonchev–Trinajstić information content (AvgIpc) is 3.76. The van der Waals surface area contributed by atoms with Crippen molar-refractivity contribution >= 4 is 17.8 Å². The Morgan fingerprint density at radius 3 is 2.61 bits per heavy atom. The molecule has 1 fully saturated rings. The van der Waals surface area contributed by atoms with Crippen molar-refractivity contribution in [3.8, 4) is 11.1 Å². The molecule has 1 aliphatic carbocycles. The minimum atomic E-state index is -0.969. The third-order valence-corrected chi connectivity index (χ3v) is 7.61. The second-order valence-electron chi connectivity index (χ2n) is 10.0. The molecule has 0 aromatic heterocycles. The summed E-state index contributed by atoms with van der Waals surface area (Å²) in [6.07, 6.45) is 1.83. The van der Waals surface area contributed by atoms with E-state index < -0.39 is 5.97 Å². The summed E-state index contributed by atoms with van der Waals surface area (Å²) in [4.78, 5) is 39.2. The van der Waals surface area contributed by atoms with Crippen LogP contribution in [0.1, 0.15) is 51.4 Å². The van der Waals surface area contributed by atoms with Gasteiger partial charge >= 0.3 is 5.97 Å². The molecule has 0 spiro atoms. The zero-order valence-electron chi connectivity index (χ0n) is 21.5. The summed E-state index contributed by atoms with van der Waals surface area (Å²) < 4.78 is 5.09. The number of ether oxygens (including phenoxy) is 1. The molecule has 7 heteroatoms. The van der Waals surface area contributed by atoms with Gasteiger partial charge in [-0.25, -0.2) is 4.79 Å². The van der Waals surface area contributed by atoms with Gasteiger partial charge in [0.05, 0.1) is 18.6 Å². The van der Waals surface area contributed by atoms with Gasteiger partial charge < -0.3 is 20.1 Å². The molecule has 0 unspecified atom stereocenters. The summed E-state index contributed by atoms with van der Waals surface area (Å²) in [5, 5.41) is 12.6. The minimum absolute atomic E-state index is 0.0154. The first-order valence-electron chi connectivity index (χ1n) is 13.0. The molecule has 3 aromatic carbocycles. The first-order chi connectivity index (χ1) is 18.5. The van der Waals surface area contributed by atoms with Crippen LogP contribution in [0.4, 0.5) is 0 Å². The Labute approximate surface area is 222 Å². The van der Waals surface area contributed by atoms with Crippen molar-refractivity contribution in [3.05, 3.63) is 94.5 Å². The van der Waals surface area contributed by atoms with E-state index in [0.717, 1.165) is 34.2 Å². The molecule has 0 radical (unpaired) electrons. The standard InChI is InChI=1S/C31H32N2O5/c1-38-15-13-29(34)33-14-12-25-24(21-8-5-9-22(16-21)31(36)37)11-10-23(28(25)19-33)18-32-30(35)27-17-26(27)20-6-3-2-4-7-20/h2-11,16,26-27H,12-15,17-19H2,1H3,(H,32,35)(H,36,37)/t26-,27+/m0/s1. The SMILES string of the molecule is COCCC(=O)N1CCc2c(-c3cccc(C(=O)O)c3)ccc(CNC(=O)[C@@H]3C[C@H]3c3ccccc3)c2C1. The molecular weight excluding hydrogens is 480 g/mol. The van der Waals surface area contributed by atoms with Gasteiger partial charge in [-0.1, -0.05) is 54.6 Å². The van der Waals surface area contributed by atoms with E-state index in [0.29, 0.717) is 39.1 Å². The molecule has 3 aromatic rings. The number of aromatic carboxylic acids is 1. The summed E-state index contributed by atoms with van der Waals surface area (Å²) in [6, 6.07) is 21.1. The second kappa shape index (κ2) is 11.2. The zero-order valence-corrected chi connectivity index (χ0v) is 21.5. The van der Waals surface area contributed by atoms with Crippen LogP contribution in [0.5, 0.6) is 0 Å². The number of hydrogen-bond donors (Lipinski definition) is 2. The Kier molecular flexibility index (Phi) is 7.56. The lowest BCUT2D eigenvalue weighted by molar-refractivity contribution is -0.133. The third-order valence-electron chi connectivity index (χ3n) is 7.61. The first kappa shape index (κ1) is 25.7. The summed E-state index contributed by atoms with van der Waals surface area (Å²) in [6.45, 7) is 1.79. The van der Waals surface area contributed by atoms with Gasteiger partial charge in [0.25, 0.3) is 0 Å². The van der Waals surface area contributed by atoms with Crippen LogP contribution < -0.4 is 5.32 Å². The zero-order chi connectivity index (χ0) is 26.6. The molecule has 5 rings (SSSR count). The number of carbonyl (C=O) groups excluding carboxylic acids is 2. The number of amides is 2. The van der Waals surface area contributed by atoms with Gasteiger partial charge in [-0.2, -0.15) is 0 Å². The van der Waals surface area contributed by atoms with E-state index in [1.807, 2.05) is 41.3 Å². The van der Waals surface area contributed by atoms with E-state index >= 15 is 0 Å². The van der Waals surface area contributed by atoms with E-state index in [1.165, 1.54) is 5.56 Å². The molecule has 38 heavy (non-hydrogen) atoms. The fraction of sp³-hybridized carbons (Fsp3) is 0.323. The summed E-state index contributed by atoms with van der Waals surface area (Å²) in [7, 11) is 1.58. The van der Waals surface area contributed by atoms with E-state index in [2.05, 4.69) is 17.4 Å². The Morgan fingerprint density at radius 2 is 1.84 bits per heavy atom. The Bertz CT molecular complexity index is 1350. The van der Waals surface area contributed by atoms with Crippen molar-refractivity contribution in [2.45, 2.75) is 38.3 Å². The lowest BCUT2D eigenvalue weighted by Gasteiger charge is -2.32. The van der Waals surface area contributed by atoms with E-state index in [-0.39, 0.29) is 29.2 Å². The summed E-state index contributed by atoms with van der Waals surface area (Å²) in [5.41, 5.74) is 6.33. The van der Waals surface area contributed by atoms with Gasteiger partial charge in [0, 0.05) is 32.7 Å². The average molecular weight is 513 g/mol. The number of carboxylic acids is 1. The van der Waals surface area contributed by atoms with Crippen LogP contribution in [0.2, 0.25) is 0 Å². The molecule has 0 bridgehead atoms. The molecule has 0 saturated heterocycles. The van der Waals surface area contributed by atoms with Crippen LogP contribution in [0.25, 0.3) is 11.1 Å². The largest absolute Gasteiger partial charge is 0.478 e. The molecule has 2 N–H and O–H groups in total. The number of rotatable bonds is 9. The van der Waals surface area contributed by atoms with Crippen molar-refractivity contribution < 1.29 is 24.2 Å². The van der Waals surface area contributed by atoms with Crippen LogP contribution in [0.15, 0.2) is 66.7 Å². The number of methoxy groups -OCH3 is 1. The normalized spacial score (nSPS) is 18.0. The summed E-state index contributed by atoms with van der Waals surface area (Å²) in [5.74, 6) is -0.630. The van der Waals surface area contributed by atoms with E-state index in [9.17, 15) is 19.5 Å². The van der Waals surface area contributed by atoms with Crippen LogP contribution in [-0.4, -0.2) is 48.1 Å². The fourth-order valence-electron chi connectivity index (χ4n) is 5.42. The van der Waals surface area contributed by atoms with Crippen molar-refractivity contribution in [1.82, 2.24) is 10.2 Å². The molecule has 7 nitrogen and oxygen atoms in total. The first-order valence-corrected chi connectivity index (χ1v) is 13.0. The minimum Gasteiger partial charge on any atom is -0.478 e. The van der Waals surface area contributed by atoms with Crippen LogP contribution >= 0.6 is 0 Å². The number of carbonyl (C=O) groups is 3. The Balaban J connectivity index is 1.39. The molecule has 2 atom stereocenters.